The van der Waals surface area contributed by atoms with Gasteiger partial charge in [-0.05, 0) is 46.5 Å². The standard InChI is InChI=1S/C14H14Br2N2O/c1-7(2)12-11(16)14(19)18-13(17-12)9-4-5-10(15)8(3)6-9/h4-7H,1-3H3,(H,17,18,19). The molecule has 2 rings (SSSR count). The summed E-state index contributed by atoms with van der Waals surface area (Å²) in [5.41, 5.74) is 2.65. The Bertz CT molecular complexity index is 678. The third-order valence-corrected chi connectivity index (χ3v) is 4.52. The average molecular weight is 386 g/mol. The number of hydrogen-bond donors (Lipinski definition) is 1. The molecule has 19 heavy (non-hydrogen) atoms. The fraction of sp³-hybridized carbons (Fsp3) is 0.286. The molecule has 1 aromatic heterocycles. The molecule has 0 saturated carbocycles. The van der Waals surface area contributed by atoms with Crippen LogP contribution in [0.5, 0.6) is 0 Å². The molecule has 0 unspecified atom stereocenters. The minimum atomic E-state index is -0.144. The van der Waals surface area contributed by atoms with E-state index in [1.807, 2.05) is 39.0 Å². The molecule has 0 spiro atoms. The Labute approximate surface area is 128 Å². The van der Waals surface area contributed by atoms with Crippen molar-refractivity contribution >= 4 is 31.9 Å². The fourth-order valence-corrected chi connectivity index (χ4v) is 2.68. The van der Waals surface area contributed by atoms with Crippen molar-refractivity contribution in [3.8, 4) is 11.4 Å². The summed E-state index contributed by atoms with van der Waals surface area (Å²) in [7, 11) is 0. The lowest BCUT2D eigenvalue weighted by atomic mass is 10.1. The van der Waals surface area contributed by atoms with Crippen molar-refractivity contribution < 1.29 is 0 Å². The second-order valence-corrected chi connectivity index (χ2v) is 6.38. The van der Waals surface area contributed by atoms with Crippen molar-refractivity contribution in [1.82, 2.24) is 9.97 Å². The van der Waals surface area contributed by atoms with Gasteiger partial charge in [-0.1, -0.05) is 35.8 Å². The molecule has 2 aromatic rings. The van der Waals surface area contributed by atoms with Gasteiger partial charge >= 0.3 is 0 Å². The van der Waals surface area contributed by atoms with E-state index in [1.54, 1.807) is 0 Å². The molecule has 1 heterocycles. The van der Waals surface area contributed by atoms with Gasteiger partial charge in [0, 0.05) is 10.0 Å². The van der Waals surface area contributed by atoms with Crippen LogP contribution in [0.25, 0.3) is 11.4 Å². The van der Waals surface area contributed by atoms with E-state index in [1.165, 1.54) is 0 Å². The van der Waals surface area contributed by atoms with Crippen LogP contribution < -0.4 is 5.56 Å². The van der Waals surface area contributed by atoms with Gasteiger partial charge in [0.15, 0.2) is 0 Å². The highest BCUT2D eigenvalue weighted by Crippen LogP contribution is 2.25. The molecule has 0 radical (unpaired) electrons. The largest absolute Gasteiger partial charge is 0.306 e. The molecule has 1 N–H and O–H groups in total. The maximum atomic E-state index is 11.9. The first kappa shape index (κ1) is 14.5. The predicted octanol–water partition coefficient (Wildman–Crippen LogP) is 4.39. The molecule has 0 fully saturated rings. The van der Waals surface area contributed by atoms with Gasteiger partial charge in [0.1, 0.15) is 10.3 Å². The number of halogens is 2. The number of aryl methyl sites for hydroxylation is 1. The summed E-state index contributed by atoms with van der Waals surface area (Å²) < 4.78 is 1.56. The van der Waals surface area contributed by atoms with Crippen LogP contribution in [0.1, 0.15) is 31.0 Å². The Kier molecular flexibility index (Phi) is 4.26. The van der Waals surface area contributed by atoms with Crippen LogP contribution in [0, 0.1) is 6.92 Å². The molecule has 0 aliphatic heterocycles. The SMILES string of the molecule is Cc1cc(-c2nc(C(C)C)c(Br)c(=O)[nH]2)ccc1Br. The lowest BCUT2D eigenvalue weighted by molar-refractivity contribution is 0.803. The third kappa shape index (κ3) is 2.98. The molecule has 3 nitrogen and oxygen atoms in total. The van der Waals surface area contributed by atoms with Gasteiger partial charge in [-0.2, -0.15) is 0 Å². The summed E-state index contributed by atoms with van der Waals surface area (Å²) in [6, 6.07) is 5.90. The van der Waals surface area contributed by atoms with E-state index in [-0.39, 0.29) is 11.5 Å². The lowest BCUT2D eigenvalue weighted by Gasteiger charge is -2.10. The van der Waals surface area contributed by atoms with Crippen molar-refractivity contribution in [3.05, 3.63) is 48.8 Å². The second-order valence-electron chi connectivity index (χ2n) is 4.73. The van der Waals surface area contributed by atoms with Crippen LogP contribution >= 0.6 is 31.9 Å². The molecule has 0 aliphatic carbocycles. The van der Waals surface area contributed by atoms with Crippen molar-refractivity contribution in [2.24, 2.45) is 0 Å². The summed E-state index contributed by atoms with van der Waals surface area (Å²) >= 11 is 6.77. The summed E-state index contributed by atoms with van der Waals surface area (Å²) in [6.07, 6.45) is 0. The van der Waals surface area contributed by atoms with Crippen LogP contribution in [0.15, 0.2) is 31.9 Å². The van der Waals surface area contributed by atoms with Crippen LogP contribution in [0.3, 0.4) is 0 Å². The zero-order chi connectivity index (χ0) is 14.2. The van der Waals surface area contributed by atoms with E-state index in [2.05, 4.69) is 41.8 Å². The Balaban J connectivity index is 2.63. The van der Waals surface area contributed by atoms with Crippen LogP contribution in [0.4, 0.5) is 0 Å². The van der Waals surface area contributed by atoms with Gasteiger partial charge < -0.3 is 4.98 Å². The monoisotopic (exact) mass is 384 g/mol. The van der Waals surface area contributed by atoms with E-state index in [0.717, 1.165) is 21.3 Å². The third-order valence-electron chi connectivity index (χ3n) is 2.87. The molecule has 0 aliphatic rings. The summed E-state index contributed by atoms with van der Waals surface area (Å²) in [4.78, 5) is 19.3. The topological polar surface area (TPSA) is 45.8 Å². The minimum absolute atomic E-state index is 0.144. The molecule has 0 atom stereocenters. The summed E-state index contributed by atoms with van der Waals surface area (Å²) in [5.74, 6) is 0.791. The highest BCUT2D eigenvalue weighted by atomic mass is 79.9. The maximum Gasteiger partial charge on any atom is 0.265 e. The first-order valence-electron chi connectivity index (χ1n) is 5.96. The number of benzene rings is 1. The van der Waals surface area contributed by atoms with Gasteiger partial charge in [-0.3, -0.25) is 4.79 Å². The summed E-state index contributed by atoms with van der Waals surface area (Å²) in [5, 5.41) is 0. The van der Waals surface area contributed by atoms with Crippen molar-refractivity contribution in [1.29, 1.82) is 0 Å². The normalized spacial score (nSPS) is 11.1. The number of nitrogens with zero attached hydrogens (tertiary/aromatic N) is 1. The molecule has 0 bridgehead atoms. The molecule has 1 aromatic carbocycles. The van der Waals surface area contributed by atoms with E-state index in [9.17, 15) is 4.79 Å². The molecule has 5 heteroatoms. The van der Waals surface area contributed by atoms with Gasteiger partial charge in [0.25, 0.3) is 5.56 Å². The minimum Gasteiger partial charge on any atom is -0.306 e. The van der Waals surface area contributed by atoms with E-state index < -0.39 is 0 Å². The Morgan fingerprint density at radius 3 is 2.53 bits per heavy atom. The molecular weight excluding hydrogens is 372 g/mol. The van der Waals surface area contributed by atoms with Gasteiger partial charge in [0.05, 0.1) is 5.69 Å². The lowest BCUT2D eigenvalue weighted by Crippen LogP contribution is -2.14. The Morgan fingerprint density at radius 1 is 1.26 bits per heavy atom. The Morgan fingerprint density at radius 2 is 1.95 bits per heavy atom. The quantitative estimate of drug-likeness (QED) is 0.832. The first-order chi connectivity index (χ1) is 8.90. The van der Waals surface area contributed by atoms with Gasteiger partial charge in [-0.15, -0.1) is 0 Å². The zero-order valence-corrected chi connectivity index (χ0v) is 14.1. The fourth-order valence-electron chi connectivity index (χ4n) is 1.79. The van der Waals surface area contributed by atoms with Crippen molar-refractivity contribution in [2.75, 3.05) is 0 Å². The molecular formula is C14H14Br2N2O. The molecule has 0 saturated heterocycles. The molecule has 100 valence electrons. The number of H-pyrrole nitrogens is 1. The number of rotatable bonds is 2. The average Bonchev–Trinajstić information content (AvgIpc) is 2.35. The van der Waals surface area contributed by atoms with Crippen LogP contribution in [-0.2, 0) is 0 Å². The van der Waals surface area contributed by atoms with Crippen LogP contribution in [-0.4, -0.2) is 9.97 Å². The zero-order valence-electron chi connectivity index (χ0n) is 10.9. The highest BCUT2D eigenvalue weighted by Gasteiger charge is 2.13. The first-order valence-corrected chi connectivity index (χ1v) is 7.55. The van der Waals surface area contributed by atoms with Crippen molar-refractivity contribution in [3.63, 3.8) is 0 Å². The number of aromatic nitrogens is 2. The number of hydrogen-bond acceptors (Lipinski definition) is 2. The smallest absolute Gasteiger partial charge is 0.265 e. The van der Waals surface area contributed by atoms with E-state index >= 15 is 0 Å². The van der Waals surface area contributed by atoms with Gasteiger partial charge in [-0.25, -0.2) is 4.98 Å². The second kappa shape index (κ2) is 5.59. The highest BCUT2D eigenvalue weighted by molar-refractivity contribution is 9.10. The number of nitrogens with one attached hydrogen (secondary N) is 1. The van der Waals surface area contributed by atoms with Gasteiger partial charge in [0.2, 0.25) is 0 Å². The van der Waals surface area contributed by atoms with Crippen molar-refractivity contribution in [2.45, 2.75) is 26.7 Å². The predicted molar refractivity (Wildman–Crippen MR) is 84.5 cm³/mol. The van der Waals surface area contributed by atoms with E-state index in [0.29, 0.717) is 10.3 Å². The molecule has 0 amide bonds. The maximum absolute atomic E-state index is 11.9. The number of aromatic amines is 1. The van der Waals surface area contributed by atoms with E-state index in [4.69, 9.17) is 0 Å². The van der Waals surface area contributed by atoms with Crippen LogP contribution in [0.2, 0.25) is 0 Å². The Hall–Kier alpha value is -0.940. The summed E-state index contributed by atoms with van der Waals surface area (Å²) in [6.45, 7) is 6.04.